The van der Waals surface area contributed by atoms with Crippen molar-refractivity contribution in [2.24, 2.45) is 0 Å². The molecule has 0 saturated carbocycles. The van der Waals surface area contributed by atoms with Gasteiger partial charge in [-0.1, -0.05) is 30.3 Å². The van der Waals surface area contributed by atoms with Crippen molar-refractivity contribution < 1.29 is 18.7 Å². The number of fused-ring (bicyclic) bond motifs is 1. The van der Waals surface area contributed by atoms with E-state index in [0.29, 0.717) is 31.1 Å². The fourth-order valence-corrected chi connectivity index (χ4v) is 3.36. The Morgan fingerprint density at radius 2 is 2.07 bits per heavy atom. The van der Waals surface area contributed by atoms with Crippen LogP contribution in [-0.2, 0) is 9.47 Å². The summed E-state index contributed by atoms with van der Waals surface area (Å²) in [6.07, 6.45) is -0.298. The number of methoxy groups -OCH3 is 1. The van der Waals surface area contributed by atoms with Crippen molar-refractivity contribution >= 4 is 22.7 Å². The number of hydrogen-bond donors (Lipinski definition) is 0. The molecule has 0 unspecified atom stereocenters. The summed E-state index contributed by atoms with van der Waals surface area (Å²) in [5.41, 5.74) is 1.98. The number of halogens is 1. The molecule has 4 rings (SSSR count). The second-order valence-electron chi connectivity index (χ2n) is 6.40. The molecule has 6 heteroatoms. The number of aromatic nitrogens is 1. The van der Waals surface area contributed by atoms with Gasteiger partial charge in [0.05, 0.1) is 19.2 Å². The van der Waals surface area contributed by atoms with Gasteiger partial charge in [0.2, 0.25) is 0 Å². The van der Waals surface area contributed by atoms with Gasteiger partial charge in [-0.25, -0.2) is 14.2 Å². The summed E-state index contributed by atoms with van der Waals surface area (Å²) < 4.78 is 24.4. The topological polar surface area (TPSA) is 51.7 Å². The molecule has 1 aliphatic rings. The summed E-state index contributed by atoms with van der Waals surface area (Å²) in [6, 6.07) is 15.8. The molecular formula is C21H19FN2O3. The monoisotopic (exact) mass is 366 g/mol. The number of anilines is 1. The zero-order valence-electron chi connectivity index (χ0n) is 14.9. The van der Waals surface area contributed by atoms with E-state index in [1.165, 1.54) is 19.2 Å². The molecule has 0 aliphatic carbocycles. The molecule has 1 fully saturated rings. The first-order chi connectivity index (χ1) is 13.2. The van der Waals surface area contributed by atoms with E-state index in [1.807, 2.05) is 35.2 Å². The van der Waals surface area contributed by atoms with Gasteiger partial charge in [0.25, 0.3) is 0 Å². The summed E-state index contributed by atoms with van der Waals surface area (Å²) >= 11 is 0. The van der Waals surface area contributed by atoms with Crippen LogP contribution in [0.25, 0.3) is 10.9 Å². The smallest absolute Gasteiger partial charge is 0.341 e. The van der Waals surface area contributed by atoms with Crippen LogP contribution in [0.15, 0.2) is 54.6 Å². The highest BCUT2D eigenvalue weighted by molar-refractivity contribution is 5.99. The van der Waals surface area contributed by atoms with Crippen LogP contribution in [0, 0.1) is 5.82 Å². The molecular weight excluding hydrogens is 347 g/mol. The number of para-hydroxylation sites is 1. The van der Waals surface area contributed by atoms with Gasteiger partial charge in [0.1, 0.15) is 23.3 Å². The number of pyridine rings is 1. The van der Waals surface area contributed by atoms with E-state index in [-0.39, 0.29) is 11.9 Å². The van der Waals surface area contributed by atoms with Gasteiger partial charge in [-0.05, 0) is 29.8 Å². The fourth-order valence-electron chi connectivity index (χ4n) is 3.36. The molecule has 1 saturated heterocycles. The molecule has 0 amide bonds. The maximum absolute atomic E-state index is 13.6. The minimum Gasteiger partial charge on any atom is -0.465 e. The van der Waals surface area contributed by atoms with Gasteiger partial charge < -0.3 is 14.4 Å². The molecule has 1 aliphatic heterocycles. The Labute approximate surface area is 156 Å². The molecule has 5 nitrogen and oxygen atoms in total. The molecule has 27 heavy (non-hydrogen) atoms. The van der Waals surface area contributed by atoms with Crippen LogP contribution in [0.1, 0.15) is 22.0 Å². The van der Waals surface area contributed by atoms with Gasteiger partial charge in [0.15, 0.2) is 0 Å². The number of morpholine rings is 1. The first-order valence-electron chi connectivity index (χ1n) is 8.76. The third-order valence-corrected chi connectivity index (χ3v) is 4.70. The minimum absolute atomic E-state index is 0.298. The summed E-state index contributed by atoms with van der Waals surface area (Å²) in [5, 5.41) is 0.872. The molecule has 0 bridgehead atoms. The maximum Gasteiger partial charge on any atom is 0.341 e. The Bertz CT molecular complexity index is 992. The molecule has 2 aromatic carbocycles. The average molecular weight is 366 g/mol. The fraction of sp³-hybridized carbons (Fsp3) is 0.238. The lowest BCUT2D eigenvalue weighted by Gasteiger charge is -2.34. The number of nitrogens with zero attached hydrogens (tertiary/aromatic N) is 2. The van der Waals surface area contributed by atoms with Gasteiger partial charge in [-0.15, -0.1) is 0 Å². The Morgan fingerprint density at radius 1 is 1.22 bits per heavy atom. The van der Waals surface area contributed by atoms with Crippen LogP contribution in [0.4, 0.5) is 10.2 Å². The van der Waals surface area contributed by atoms with Crippen molar-refractivity contribution in [2.75, 3.05) is 31.7 Å². The summed E-state index contributed by atoms with van der Waals surface area (Å²) in [5.74, 6) is -0.172. The van der Waals surface area contributed by atoms with E-state index < -0.39 is 5.97 Å². The molecule has 0 radical (unpaired) electrons. The second kappa shape index (κ2) is 7.32. The number of carbonyl (C=O) groups is 1. The Balaban J connectivity index is 1.73. The number of benzene rings is 2. The SMILES string of the molecule is COC(=O)c1cc2ccccc2nc1N1CCO[C@@H](c2cccc(F)c2)C1. The van der Waals surface area contributed by atoms with E-state index in [0.717, 1.165) is 16.5 Å². The molecule has 1 atom stereocenters. The molecule has 3 aromatic rings. The van der Waals surface area contributed by atoms with E-state index in [1.54, 1.807) is 12.1 Å². The number of carbonyl (C=O) groups excluding carboxylic acids is 1. The third-order valence-electron chi connectivity index (χ3n) is 4.70. The number of hydrogen-bond acceptors (Lipinski definition) is 5. The number of esters is 1. The van der Waals surface area contributed by atoms with Gasteiger partial charge in [-0.2, -0.15) is 0 Å². The van der Waals surface area contributed by atoms with Crippen molar-refractivity contribution in [3.8, 4) is 0 Å². The van der Waals surface area contributed by atoms with Crippen molar-refractivity contribution in [2.45, 2.75) is 6.10 Å². The van der Waals surface area contributed by atoms with Gasteiger partial charge in [-0.3, -0.25) is 0 Å². The molecule has 1 aromatic heterocycles. The largest absolute Gasteiger partial charge is 0.465 e. The first kappa shape index (κ1) is 17.4. The van der Waals surface area contributed by atoms with Crippen molar-refractivity contribution in [3.05, 3.63) is 71.5 Å². The van der Waals surface area contributed by atoms with Crippen LogP contribution in [-0.4, -0.2) is 37.8 Å². The maximum atomic E-state index is 13.6. The van der Waals surface area contributed by atoms with Crippen molar-refractivity contribution in [1.29, 1.82) is 0 Å². The van der Waals surface area contributed by atoms with Crippen LogP contribution in [0.3, 0.4) is 0 Å². The Kier molecular flexibility index (Phi) is 4.73. The lowest BCUT2D eigenvalue weighted by molar-refractivity contribution is 0.0390. The van der Waals surface area contributed by atoms with E-state index in [2.05, 4.69) is 0 Å². The summed E-state index contributed by atoms with van der Waals surface area (Å²) in [6.45, 7) is 1.51. The van der Waals surface area contributed by atoms with Crippen LogP contribution in [0.5, 0.6) is 0 Å². The van der Waals surface area contributed by atoms with Crippen molar-refractivity contribution in [3.63, 3.8) is 0 Å². The summed E-state index contributed by atoms with van der Waals surface area (Å²) in [7, 11) is 1.36. The van der Waals surface area contributed by atoms with Crippen molar-refractivity contribution in [1.82, 2.24) is 4.98 Å². The standard InChI is InChI=1S/C21H19FN2O3/c1-26-21(25)17-12-14-5-2-3-8-18(14)23-20(17)24-9-10-27-19(13-24)15-6-4-7-16(22)11-15/h2-8,11-12,19H,9-10,13H2,1H3/t19-/m1/s1. The lowest BCUT2D eigenvalue weighted by Crippen LogP contribution is -2.39. The highest BCUT2D eigenvalue weighted by atomic mass is 19.1. The minimum atomic E-state index is -0.433. The quantitative estimate of drug-likeness (QED) is 0.661. The molecule has 2 heterocycles. The first-order valence-corrected chi connectivity index (χ1v) is 8.76. The van der Waals surface area contributed by atoms with E-state index in [4.69, 9.17) is 14.5 Å². The summed E-state index contributed by atoms with van der Waals surface area (Å²) in [4.78, 5) is 19.1. The normalized spacial score (nSPS) is 17.1. The second-order valence-corrected chi connectivity index (χ2v) is 6.40. The third kappa shape index (κ3) is 3.48. The van der Waals surface area contributed by atoms with Crippen LogP contribution < -0.4 is 4.90 Å². The molecule has 0 N–H and O–H groups in total. The van der Waals surface area contributed by atoms with Crippen LogP contribution in [0.2, 0.25) is 0 Å². The predicted molar refractivity (Wildman–Crippen MR) is 100 cm³/mol. The van der Waals surface area contributed by atoms with Gasteiger partial charge in [0, 0.05) is 18.5 Å². The van der Waals surface area contributed by atoms with Crippen LogP contribution >= 0.6 is 0 Å². The number of ether oxygens (including phenoxy) is 2. The van der Waals surface area contributed by atoms with E-state index >= 15 is 0 Å². The Morgan fingerprint density at radius 3 is 2.89 bits per heavy atom. The van der Waals surface area contributed by atoms with Gasteiger partial charge >= 0.3 is 5.97 Å². The predicted octanol–water partition coefficient (Wildman–Crippen LogP) is 3.74. The lowest BCUT2D eigenvalue weighted by atomic mass is 10.1. The zero-order chi connectivity index (χ0) is 18.8. The molecule has 0 spiro atoms. The number of rotatable bonds is 3. The Hall–Kier alpha value is -2.99. The molecule has 138 valence electrons. The highest BCUT2D eigenvalue weighted by Crippen LogP contribution is 2.30. The average Bonchev–Trinajstić information content (AvgIpc) is 2.72. The zero-order valence-corrected chi connectivity index (χ0v) is 14.9. The highest BCUT2D eigenvalue weighted by Gasteiger charge is 2.27. The van der Waals surface area contributed by atoms with E-state index in [9.17, 15) is 9.18 Å².